The van der Waals surface area contributed by atoms with Gasteiger partial charge in [-0.3, -0.25) is 9.59 Å². The summed E-state index contributed by atoms with van der Waals surface area (Å²) < 4.78 is 23.6. The highest BCUT2D eigenvalue weighted by atomic mass is 32.2. The van der Waals surface area contributed by atoms with Crippen molar-refractivity contribution in [3.05, 3.63) is 24.3 Å². The molecular weight excluding hydrogens is 398 g/mol. The summed E-state index contributed by atoms with van der Waals surface area (Å²) in [5, 5.41) is 6.00. The van der Waals surface area contributed by atoms with E-state index in [-0.39, 0.29) is 36.2 Å². The molecule has 0 unspecified atom stereocenters. The SMILES string of the molecule is C[C@H]1CCN(C(=O)C2=NN([C@@H]3CCS(=O)(=O)C3)C(=O)CC2)c2ccccc2S1. The van der Waals surface area contributed by atoms with Gasteiger partial charge in [-0.2, -0.15) is 5.10 Å². The number of carbonyl (C=O) groups is 2. The van der Waals surface area contributed by atoms with Gasteiger partial charge in [0, 0.05) is 29.5 Å². The number of benzene rings is 1. The van der Waals surface area contributed by atoms with Crippen molar-refractivity contribution in [1.82, 2.24) is 5.01 Å². The molecule has 0 radical (unpaired) electrons. The largest absolute Gasteiger partial charge is 0.306 e. The molecule has 1 saturated heterocycles. The van der Waals surface area contributed by atoms with Crippen molar-refractivity contribution in [1.29, 1.82) is 0 Å². The van der Waals surface area contributed by atoms with Crippen LogP contribution in [0, 0.1) is 0 Å². The molecule has 3 heterocycles. The van der Waals surface area contributed by atoms with E-state index in [2.05, 4.69) is 12.0 Å². The van der Waals surface area contributed by atoms with Gasteiger partial charge < -0.3 is 4.90 Å². The quantitative estimate of drug-likeness (QED) is 0.730. The van der Waals surface area contributed by atoms with Gasteiger partial charge in [-0.15, -0.1) is 11.8 Å². The van der Waals surface area contributed by atoms with Crippen molar-refractivity contribution in [3.8, 4) is 0 Å². The van der Waals surface area contributed by atoms with Crippen molar-refractivity contribution in [3.63, 3.8) is 0 Å². The molecule has 7 nitrogen and oxygen atoms in total. The minimum atomic E-state index is -3.14. The molecular formula is C19H23N3O4S2. The van der Waals surface area contributed by atoms with Crippen LogP contribution < -0.4 is 4.90 Å². The van der Waals surface area contributed by atoms with Crippen molar-refractivity contribution < 1.29 is 18.0 Å². The Bertz CT molecular complexity index is 944. The van der Waals surface area contributed by atoms with Gasteiger partial charge in [-0.1, -0.05) is 19.1 Å². The number of nitrogens with zero attached hydrogens (tertiary/aromatic N) is 3. The number of hydrazone groups is 1. The first kappa shape index (κ1) is 19.4. The second-order valence-corrected chi connectivity index (χ2v) is 11.2. The number of hydrogen-bond acceptors (Lipinski definition) is 6. The molecule has 4 rings (SSSR count). The van der Waals surface area contributed by atoms with Crippen LogP contribution in [0.25, 0.3) is 0 Å². The van der Waals surface area contributed by atoms with Crippen LogP contribution in [-0.4, -0.2) is 60.3 Å². The minimum absolute atomic E-state index is 0.0643. The van der Waals surface area contributed by atoms with Gasteiger partial charge in [0.25, 0.3) is 5.91 Å². The molecule has 1 aromatic carbocycles. The van der Waals surface area contributed by atoms with Crippen LogP contribution >= 0.6 is 11.8 Å². The topological polar surface area (TPSA) is 87.1 Å². The van der Waals surface area contributed by atoms with Crippen molar-refractivity contribution in [2.45, 2.75) is 48.8 Å². The molecule has 2 atom stereocenters. The zero-order valence-electron chi connectivity index (χ0n) is 15.7. The molecule has 28 heavy (non-hydrogen) atoms. The van der Waals surface area contributed by atoms with Crippen LogP contribution in [0.5, 0.6) is 0 Å². The molecule has 2 amide bonds. The number of fused-ring (bicyclic) bond motifs is 1. The molecule has 9 heteroatoms. The number of thioether (sulfide) groups is 1. The third-order valence-electron chi connectivity index (χ3n) is 5.35. The first-order valence-corrected chi connectivity index (χ1v) is 12.2. The Balaban J connectivity index is 1.62. The highest BCUT2D eigenvalue weighted by molar-refractivity contribution is 8.00. The van der Waals surface area contributed by atoms with Crippen LogP contribution in [0.2, 0.25) is 0 Å². The second kappa shape index (κ2) is 7.51. The summed E-state index contributed by atoms with van der Waals surface area (Å²) in [6.45, 7) is 2.74. The molecule has 0 N–H and O–H groups in total. The molecule has 0 aliphatic carbocycles. The van der Waals surface area contributed by atoms with Gasteiger partial charge in [0.15, 0.2) is 9.84 Å². The average Bonchev–Trinajstić information content (AvgIpc) is 2.93. The van der Waals surface area contributed by atoms with Gasteiger partial charge in [0.1, 0.15) is 5.71 Å². The van der Waals surface area contributed by atoms with Crippen molar-refractivity contribution in [2.24, 2.45) is 5.10 Å². The lowest BCUT2D eigenvalue weighted by Gasteiger charge is -2.30. The Hall–Kier alpha value is -1.87. The molecule has 3 aliphatic heterocycles. The number of rotatable bonds is 2. The van der Waals surface area contributed by atoms with Crippen LogP contribution in [0.15, 0.2) is 34.3 Å². The lowest BCUT2D eigenvalue weighted by atomic mass is 10.1. The first-order valence-electron chi connectivity index (χ1n) is 9.51. The molecule has 150 valence electrons. The summed E-state index contributed by atoms with van der Waals surface area (Å²) in [4.78, 5) is 28.4. The summed E-state index contributed by atoms with van der Waals surface area (Å²) in [6.07, 6.45) is 1.71. The summed E-state index contributed by atoms with van der Waals surface area (Å²) in [7, 11) is -3.14. The Labute approximate surface area is 169 Å². The predicted molar refractivity (Wildman–Crippen MR) is 109 cm³/mol. The fourth-order valence-corrected chi connectivity index (χ4v) is 6.64. The summed E-state index contributed by atoms with van der Waals surface area (Å²) >= 11 is 1.76. The summed E-state index contributed by atoms with van der Waals surface area (Å²) in [6, 6.07) is 7.37. The highest BCUT2D eigenvalue weighted by Crippen LogP contribution is 2.37. The van der Waals surface area contributed by atoms with E-state index in [9.17, 15) is 18.0 Å². The average molecular weight is 422 g/mol. The monoisotopic (exact) mass is 421 g/mol. The van der Waals surface area contributed by atoms with E-state index >= 15 is 0 Å². The zero-order valence-corrected chi connectivity index (χ0v) is 17.3. The lowest BCUT2D eigenvalue weighted by molar-refractivity contribution is -0.133. The van der Waals surface area contributed by atoms with Crippen molar-refractivity contribution in [2.75, 3.05) is 23.0 Å². The van der Waals surface area contributed by atoms with E-state index in [4.69, 9.17) is 0 Å². The lowest BCUT2D eigenvalue weighted by Crippen LogP contribution is -2.45. The fourth-order valence-electron chi connectivity index (χ4n) is 3.83. The second-order valence-electron chi connectivity index (χ2n) is 7.48. The Kier molecular flexibility index (Phi) is 5.22. The third-order valence-corrected chi connectivity index (χ3v) is 8.34. The maximum Gasteiger partial charge on any atom is 0.274 e. The maximum atomic E-state index is 13.3. The predicted octanol–water partition coefficient (Wildman–Crippen LogP) is 2.07. The molecule has 0 spiro atoms. The maximum absolute atomic E-state index is 13.3. The van der Waals surface area contributed by atoms with Crippen molar-refractivity contribution >= 4 is 44.8 Å². The normalized spacial score (nSPS) is 27.2. The van der Waals surface area contributed by atoms with Gasteiger partial charge in [-0.05, 0) is 25.0 Å². The Morgan fingerprint density at radius 2 is 2.00 bits per heavy atom. The molecule has 0 saturated carbocycles. The smallest absolute Gasteiger partial charge is 0.274 e. The zero-order chi connectivity index (χ0) is 19.9. The van der Waals surface area contributed by atoms with Crippen LogP contribution in [0.3, 0.4) is 0 Å². The first-order chi connectivity index (χ1) is 13.3. The van der Waals surface area contributed by atoms with E-state index in [1.165, 1.54) is 5.01 Å². The highest BCUT2D eigenvalue weighted by Gasteiger charge is 2.38. The van der Waals surface area contributed by atoms with E-state index in [0.29, 0.717) is 23.9 Å². The third kappa shape index (κ3) is 3.82. The summed E-state index contributed by atoms with van der Waals surface area (Å²) in [5.74, 6) is -0.418. The number of sulfone groups is 1. The molecule has 0 bridgehead atoms. The summed E-state index contributed by atoms with van der Waals surface area (Å²) in [5.41, 5.74) is 1.20. The van der Waals surface area contributed by atoms with Gasteiger partial charge in [0.2, 0.25) is 5.91 Å². The van der Waals surface area contributed by atoms with Gasteiger partial charge in [0.05, 0.1) is 23.2 Å². The molecule has 3 aliphatic rings. The Morgan fingerprint density at radius 3 is 2.75 bits per heavy atom. The van der Waals surface area contributed by atoms with Gasteiger partial charge in [-0.25, -0.2) is 13.4 Å². The number of amides is 2. The standard InChI is InChI=1S/C19H23N3O4S2/c1-13-8-10-21(16-4-2-3-5-17(16)27-13)19(24)15-6-7-18(23)22(20-15)14-9-11-28(25,26)12-14/h2-5,13-14H,6-12H2,1H3/t13-,14+/m0/s1. The van der Waals surface area contributed by atoms with Crippen LogP contribution in [-0.2, 0) is 19.4 Å². The van der Waals surface area contributed by atoms with E-state index in [0.717, 1.165) is 17.0 Å². The number of para-hydroxylation sites is 1. The molecule has 1 fully saturated rings. The Morgan fingerprint density at radius 1 is 1.21 bits per heavy atom. The van der Waals surface area contributed by atoms with Crippen LogP contribution in [0.4, 0.5) is 5.69 Å². The van der Waals surface area contributed by atoms with Gasteiger partial charge >= 0.3 is 0 Å². The van der Waals surface area contributed by atoms with E-state index in [1.807, 2.05) is 24.3 Å². The van der Waals surface area contributed by atoms with E-state index in [1.54, 1.807) is 16.7 Å². The fraction of sp³-hybridized carbons (Fsp3) is 0.526. The van der Waals surface area contributed by atoms with E-state index < -0.39 is 15.9 Å². The number of anilines is 1. The molecule has 1 aromatic rings. The molecule has 0 aromatic heterocycles. The number of carbonyl (C=O) groups excluding carboxylic acids is 2. The number of hydrogen-bond donors (Lipinski definition) is 0. The van der Waals surface area contributed by atoms with Crippen LogP contribution in [0.1, 0.15) is 32.6 Å². The minimum Gasteiger partial charge on any atom is -0.306 e.